The van der Waals surface area contributed by atoms with Crippen LogP contribution in [0.15, 0.2) is 59.0 Å². The standard InChI is InChI=1S/C21H17FN2O3/c22-18-4-2-1-3-16(18)19-9-7-15(27-19)8-10-20(25)24-14-6-5-13-12-23-21(26)17(13)11-14/h1-7,9,11H,8,10,12H2,(H,23,26)(H,24,25). The highest BCUT2D eigenvalue weighted by Crippen LogP contribution is 2.25. The second-order valence-electron chi connectivity index (χ2n) is 6.35. The van der Waals surface area contributed by atoms with Crippen molar-refractivity contribution < 1.29 is 18.4 Å². The molecule has 2 N–H and O–H groups in total. The Hall–Kier alpha value is -3.41. The van der Waals surface area contributed by atoms with E-state index in [1.807, 2.05) is 6.07 Å². The molecule has 2 heterocycles. The van der Waals surface area contributed by atoms with Crippen LogP contribution in [-0.4, -0.2) is 11.8 Å². The number of rotatable bonds is 5. The van der Waals surface area contributed by atoms with Crippen molar-refractivity contribution in [1.29, 1.82) is 0 Å². The summed E-state index contributed by atoms with van der Waals surface area (Å²) in [5, 5.41) is 5.53. The summed E-state index contributed by atoms with van der Waals surface area (Å²) in [6.45, 7) is 0.519. The van der Waals surface area contributed by atoms with Crippen molar-refractivity contribution in [2.75, 3.05) is 5.32 Å². The Kier molecular flexibility index (Phi) is 4.46. The average molecular weight is 364 g/mol. The number of nitrogens with one attached hydrogen (secondary N) is 2. The van der Waals surface area contributed by atoms with Crippen LogP contribution in [-0.2, 0) is 17.8 Å². The van der Waals surface area contributed by atoms with Crippen molar-refractivity contribution in [3.63, 3.8) is 0 Å². The SMILES string of the molecule is O=C(CCc1ccc(-c2ccccc2F)o1)Nc1ccc2c(c1)C(=O)NC2. The molecule has 1 aliphatic heterocycles. The summed E-state index contributed by atoms with van der Waals surface area (Å²) in [4.78, 5) is 23.9. The number of amides is 2. The molecule has 0 atom stereocenters. The minimum atomic E-state index is -0.350. The van der Waals surface area contributed by atoms with Gasteiger partial charge in [0.1, 0.15) is 17.3 Å². The predicted octanol–water partition coefficient (Wildman–Crippen LogP) is 3.90. The maximum absolute atomic E-state index is 13.8. The van der Waals surface area contributed by atoms with Gasteiger partial charge in [0.05, 0.1) is 5.56 Å². The van der Waals surface area contributed by atoms with E-state index in [2.05, 4.69) is 10.6 Å². The van der Waals surface area contributed by atoms with Crippen LogP contribution in [0.5, 0.6) is 0 Å². The van der Waals surface area contributed by atoms with Crippen LogP contribution >= 0.6 is 0 Å². The zero-order valence-corrected chi connectivity index (χ0v) is 14.4. The maximum atomic E-state index is 13.8. The number of hydrogen-bond donors (Lipinski definition) is 2. The highest BCUT2D eigenvalue weighted by molar-refractivity contribution is 6.00. The monoisotopic (exact) mass is 364 g/mol. The first-order valence-corrected chi connectivity index (χ1v) is 8.65. The van der Waals surface area contributed by atoms with E-state index in [0.717, 1.165) is 5.56 Å². The van der Waals surface area contributed by atoms with E-state index in [-0.39, 0.29) is 24.1 Å². The number of furan rings is 1. The molecule has 1 aliphatic rings. The highest BCUT2D eigenvalue weighted by Gasteiger charge is 2.19. The van der Waals surface area contributed by atoms with Gasteiger partial charge in [-0.15, -0.1) is 0 Å². The zero-order valence-electron chi connectivity index (χ0n) is 14.4. The van der Waals surface area contributed by atoms with Crippen LogP contribution in [0, 0.1) is 5.82 Å². The minimum Gasteiger partial charge on any atom is -0.461 e. The number of aryl methyl sites for hydroxylation is 1. The van der Waals surface area contributed by atoms with Crippen LogP contribution in [0.4, 0.5) is 10.1 Å². The molecule has 0 saturated heterocycles. The fourth-order valence-corrected chi connectivity index (χ4v) is 3.07. The number of carbonyl (C=O) groups is 2. The summed E-state index contributed by atoms with van der Waals surface area (Å²) in [5.74, 6) is 0.385. The highest BCUT2D eigenvalue weighted by atomic mass is 19.1. The Bertz CT molecular complexity index is 1030. The Morgan fingerprint density at radius 1 is 1.11 bits per heavy atom. The molecule has 6 heteroatoms. The number of fused-ring (bicyclic) bond motifs is 1. The van der Waals surface area contributed by atoms with Gasteiger partial charge in [-0.2, -0.15) is 0 Å². The second kappa shape index (κ2) is 7.07. The Morgan fingerprint density at radius 3 is 2.81 bits per heavy atom. The smallest absolute Gasteiger partial charge is 0.251 e. The van der Waals surface area contributed by atoms with E-state index >= 15 is 0 Å². The first-order valence-electron chi connectivity index (χ1n) is 8.65. The van der Waals surface area contributed by atoms with Gasteiger partial charge in [-0.05, 0) is 42.0 Å². The fraction of sp³-hybridized carbons (Fsp3) is 0.143. The van der Waals surface area contributed by atoms with Crippen molar-refractivity contribution in [1.82, 2.24) is 5.32 Å². The van der Waals surface area contributed by atoms with E-state index in [1.54, 1.807) is 42.5 Å². The molecule has 0 unspecified atom stereocenters. The van der Waals surface area contributed by atoms with Gasteiger partial charge in [0.2, 0.25) is 5.91 Å². The molecule has 5 nitrogen and oxygen atoms in total. The summed E-state index contributed by atoms with van der Waals surface area (Å²) < 4.78 is 19.5. The van der Waals surface area contributed by atoms with E-state index in [1.165, 1.54) is 6.07 Å². The number of anilines is 1. The van der Waals surface area contributed by atoms with E-state index < -0.39 is 0 Å². The topological polar surface area (TPSA) is 71.3 Å². The van der Waals surface area contributed by atoms with E-state index in [0.29, 0.717) is 41.3 Å². The van der Waals surface area contributed by atoms with Crippen molar-refractivity contribution in [2.45, 2.75) is 19.4 Å². The van der Waals surface area contributed by atoms with Crippen LogP contribution < -0.4 is 10.6 Å². The summed E-state index contributed by atoms with van der Waals surface area (Å²) in [6.07, 6.45) is 0.610. The molecule has 27 heavy (non-hydrogen) atoms. The Labute approximate surface area is 155 Å². The lowest BCUT2D eigenvalue weighted by molar-refractivity contribution is -0.116. The third-order valence-corrected chi connectivity index (χ3v) is 4.48. The molecule has 0 aliphatic carbocycles. The molecule has 1 aromatic heterocycles. The Morgan fingerprint density at radius 2 is 1.96 bits per heavy atom. The van der Waals surface area contributed by atoms with Crippen LogP contribution in [0.1, 0.15) is 28.1 Å². The fourth-order valence-electron chi connectivity index (χ4n) is 3.07. The van der Waals surface area contributed by atoms with Crippen LogP contribution in [0.25, 0.3) is 11.3 Å². The van der Waals surface area contributed by atoms with Crippen molar-refractivity contribution in [2.24, 2.45) is 0 Å². The average Bonchev–Trinajstić information content (AvgIpc) is 3.28. The third-order valence-electron chi connectivity index (χ3n) is 4.48. The second-order valence-corrected chi connectivity index (χ2v) is 6.35. The summed E-state index contributed by atoms with van der Waals surface area (Å²) in [6, 6.07) is 15.1. The van der Waals surface area contributed by atoms with Gasteiger partial charge in [-0.1, -0.05) is 18.2 Å². The number of halogens is 1. The molecule has 136 valence electrons. The summed E-state index contributed by atoms with van der Waals surface area (Å²) in [7, 11) is 0. The van der Waals surface area contributed by atoms with Crippen molar-refractivity contribution in [3.05, 3.63) is 77.3 Å². The molecule has 2 aromatic carbocycles. The Balaban J connectivity index is 1.37. The normalized spacial score (nSPS) is 12.6. The largest absolute Gasteiger partial charge is 0.461 e. The van der Waals surface area contributed by atoms with Crippen molar-refractivity contribution in [3.8, 4) is 11.3 Å². The molecule has 0 fully saturated rings. The molecular weight excluding hydrogens is 347 g/mol. The van der Waals surface area contributed by atoms with E-state index in [4.69, 9.17) is 4.42 Å². The third kappa shape index (κ3) is 3.60. The first-order chi connectivity index (χ1) is 13.1. The summed E-state index contributed by atoms with van der Waals surface area (Å²) >= 11 is 0. The molecule has 0 saturated carbocycles. The lowest BCUT2D eigenvalue weighted by Crippen LogP contribution is -2.14. The quantitative estimate of drug-likeness (QED) is 0.721. The lowest BCUT2D eigenvalue weighted by Gasteiger charge is -2.06. The van der Waals surface area contributed by atoms with Gasteiger partial charge in [0, 0.05) is 30.6 Å². The lowest BCUT2D eigenvalue weighted by atomic mass is 10.1. The van der Waals surface area contributed by atoms with E-state index in [9.17, 15) is 14.0 Å². The molecule has 0 bridgehead atoms. The number of benzene rings is 2. The van der Waals surface area contributed by atoms with Gasteiger partial charge in [0.15, 0.2) is 0 Å². The van der Waals surface area contributed by atoms with Gasteiger partial charge >= 0.3 is 0 Å². The molecule has 3 aromatic rings. The van der Waals surface area contributed by atoms with Gasteiger partial charge in [0.25, 0.3) is 5.91 Å². The van der Waals surface area contributed by atoms with Gasteiger partial charge < -0.3 is 15.1 Å². The van der Waals surface area contributed by atoms with Crippen molar-refractivity contribution >= 4 is 17.5 Å². The summed E-state index contributed by atoms with van der Waals surface area (Å²) in [5.41, 5.74) is 2.49. The molecule has 4 rings (SSSR count). The zero-order chi connectivity index (χ0) is 18.8. The number of hydrogen-bond acceptors (Lipinski definition) is 3. The molecule has 2 amide bonds. The molecule has 0 radical (unpaired) electrons. The number of carbonyl (C=O) groups excluding carboxylic acids is 2. The maximum Gasteiger partial charge on any atom is 0.251 e. The molecular formula is C21H17FN2O3. The van der Waals surface area contributed by atoms with Crippen LogP contribution in [0.2, 0.25) is 0 Å². The minimum absolute atomic E-state index is 0.127. The van der Waals surface area contributed by atoms with Gasteiger partial charge in [-0.3, -0.25) is 9.59 Å². The first kappa shape index (κ1) is 17.0. The predicted molar refractivity (Wildman–Crippen MR) is 98.7 cm³/mol. The van der Waals surface area contributed by atoms with Crippen LogP contribution in [0.3, 0.4) is 0 Å². The van der Waals surface area contributed by atoms with Gasteiger partial charge in [-0.25, -0.2) is 4.39 Å². The molecule has 0 spiro atoms.